The molecule has 0 amide bonds. The number of aromatic hydroxyl groups is 1. The monoisotopic (exact) mass is 283 g/mol. The quantitative estimate of drug-likeness (QED) is 0.746. The smallest absolute Gasteiger partial charge is 0.338 e. The molecule has 5 heteroatoms. The van der Waals surface area contributed by atoms with E-state index in [1.165, 1.54) is 0 Å². The number of para-hydroxylation sites is 1. The van der Waals surface area contributed by atoms with Crippen molar-refractivity contribution in [3.63, 3.8) is 0 Å². The standard InChI is InChI=1S/C16H13NO4/c1-2-20-16(19)10-7-8-12-14(9-10)21-15(17-12)11-5-3-4-6-13(11)18/h3-9,18H,2H2,1H3. The number of carbonyl (C=O) groups is 1. The molecule has 0 aliphatic rings. The predicted octanol–water partition coefficient (Wildman–Crippen LogP) is 3.38. The van der Waals surface area contributed by atoms with Gasteiger partial charge in [-0.2, -0.15) is 0 Å². The lowest BCUT2D eigenvalue weighted by molar-refractivity contribution is 0.0526. The molecule has 1 aromatic heterocycles. The molecule has 0 fully saturated rings. The Morgan fingerprint density at radius 2 is 2.10 bits per heavy atom. The van der Waals surface area contributed by atoms with Crippen molar-refractivity contribution in [1.82, 2.24) is 4.98 Å². The van der Waals surface area contributed by atoms with E-state index in [0.29, 0.717) is 34.7 Å². The van der Waals surface area contributed by atoms with Crippen LogP contribution in [0.5, 0.6) is 5.75 Å². The van der Waals surface area contributed by atoms with Gasteiger partial charge in [-0.15, -0.1) is 0 Å². The van der Waals surface area contributed by atoms with Crippen LogP contribution in [0.3, 0.4) is 0 Å². The minimum atomic E-state index is -0.403. The van der Waals surface area contributed by atoms with Crippen molar-refractivity contribution in [3.05, 3.63) is 48.0 Å². The first-order chi connectivity index (χ1) is 10.2. The number of phenolic OH excluding ortho intramolecular Hbond substituents is 1. The molecule has 0 radical (unpaired) electrons. The number of benzene rings is 2. The third-order valence-electron chi connectivity index (χ3n) is 3.03. The SMILES string of the molecule is CCOC(=O)c1ccc2nc(-c3ccccc3O)oc2c1. The summed E-state index contributed by atoms with van der Waals surface area (Å²) in [5, 5.41) is 9.83. The minimum Gasteiger partial charge on any atom is -0.507 e. The van der Waals surface area contributed by atoms with Gasteiger partial charge in [-0.3, -0.25) is 0 Å². The average Bonchev–Trinajstić information content (AvgIpc) is 2.90. The molecule has 0 saturated carbocycles. The number of fused-ring (bicyclic) bond motifs is 1. The van der Waals surface area contributed by atoms with Gasteiger partial charge in [0.15, 0.2) is 5.58 Å². The summed E-state index contributed by atoms with van der Waals surface area (Å²) in [5.74, 6) is -0.00121. The number of carbonyl (C=O) groups excluding carboxylic acids is 1. The maximum absolute atomic E-state index is 11.7. The molecular formula is C16H13NO4. The summed E-state index contributed by atoms with van der Waals surface area (Å²) in [4.78, 5) is 16.0. The van der Waals surface area contributed by atoms with E-state index in [-0.39, 0.29) is 5.75 Å². The molecular weight excluding hydrogens is 270 g/mol. The molecule has 21 heavy (non-hydrogen) atoms. The second kappa shape index (κ2) is 5.28. The second-order valence-electron chi connectivity index (χ2n) is 4.44. The summed E-state index contributed by atoms with van der Waals surface area (Å²) in [7, 11) is 0. The van der Waals surface area contributed by atoms with Gasteiger partial charge in [0, 0.05) is 0 Å². The van der Waals surface area contributed by atoms with Crippen LogP contribution in [0, 0.1) is 0 Å². The van der Waals surface area contributed by atoms with Crippen molar-refractivity contribution in [3.8, 4) is 17.2 Å². The highest BCUT2D eigenvalue weighted by Gasteiger charge is 2.14. The normalized spacial score (nSPS) is 10.7. The van der Waals surface area contributed by atoms with Crippen molar-refractivity contribution in [2.75, 3.05) is 6.61 Å². The van der Waals surface area contributed by atoms with Crippen LogP contribution in [0.2, 0.25) is 0 Å². The molecule has 1 N–H and O–H groups in total. The zero-order valence-corrected chi connectivity index (χ0v) is 11.4. The number of aromatic nitrogens is 1. The van der Waals surface area contributed by atoms with E-state index in [0.717, 1.165) is 0 Å². The lowest BCUT2D eigenvalue weighted by Crippen LogP contribution is -2.03. The van der Waals surface area contributed by atoms with Gasteiger partial charge in [0.1, 0.15) is 11.3 Å². The van der Waals surface area contributed by atoms with E-state index in [9.17, 15) is 9.90 Å². The number of hydrogen-bond acceptors (Lipinski definition) is 5. The molecule has 2 aromatic carbocycles. The van der Waals surface area contributed by atoms with Crippen LogP contribution in [-0.4, -0.2) is 22.7 Å². The third-order valence-corrected chi connectivity index (χ3v) is 3.03. The largest absolute Gasteiger partial charge is 0.507 e. The Morgan fingerprint density at radius 1 is 1.29 bits per heavy atom. The molecule has 0 bridgehead atoms. The summed E-state index contributed by atoms with van der Waals surface area (Å²) >= 11 is 0. The van der Waals surface area contributed by atoms with Gasteiger partial charge in [-0.05, 0) is 37.3 Å². The van der Waals surface area contributed by atoms with Crippen molar-refractivity contribution >= 4 is 17.1 Å². The maximum atomic E-state index is 11.7. The lowest BCUT2D eigenvalue weighted by Gasteiger charge is -2.00. The highest BCUT2D eigenvalue weighted by atomic mass is 16.5. The molecule has 0 unspecified atom stereocenters. The molecule has 5 nitrogen and oxygen atoms in total. The van der Waals surface area contributed by atoms with Crippen LogP contribution < -0.4 is 0 Å². The van der Waals surface area contributed by atoms with Crippen LogP contribution in [-0.2, 0) is 4.74 Å². The minimum absolute atomic E-state index is 0.0923. The van der Waals surface area contributed by atoms with Crippen molar-refractivity contribution in [2.45, 2.75) is 6.92 Å². The van der Waals surface area contributed by atoms with Gasteiger partial charge in [0.2, 0.25) is 5.89 Å². The van der Waals surface area contributed by atoms with Gasteiger partial charge >= 0.3 is 5.97 Å². The van der Waals surface area contributed by atoms with E-state index in [1.807, 2.05) is 0 Å². The van der Waals surface area contributed by atoms with Gasteiger partial charge in [0.05, 0.1) is 17.7 Å². The predicted molar refractivity (Wildman–Crippen MR) is 77.1 cm³/mol. The van der Waals surface area contributed by atoms with Gasteiger partial charge in [-0.1, -0.05) is 12.1 Å². The molecule has 0 atom stereocenters. The maximum Gasteiger partial charge on any atom is 0.338 e. The van der Waals surface area contributed by atoms with Crippen LogP contribution in [0.25, 0.3) is 22.6 Å². The van der Waals surface area contributed by atoms with E-state index in [2.05, 4.69) is 4.98 Å². The highest BCUT2D eigenvalue weighted by Crippen LogP contribution is 2.30. The van der Waals surface area contributed by atoms with Crippen LogP contribution in [0.1, 0.15) is 17.3 Å². The van der Waals surface area contributed by atoms with E-state index >= 15 is 0 Å². The molecule has 3 rings (SSSR count). The first-order valence-electron chi connectivity index (χ1n) is 6.55. The number of hydrogen-bond donors (Lipinski definition) is 1. The highest BCUT2D eigenvalue weighted by molar-refractivity contribution is 5.93. The van der Waals surface area contributed by atoms with Crippen molar-refractivity contribution in [2.24, 2.45) is 0 Å². The van der Waals surface area contributed by atoms with Crippen LogP contribution in [0.4, 0.5) is 0 Å². The second-order valence-corrected chi connectivity index (χ2v) is 4.44. The number of nitrogens with zero attached hydrogens (tertiary/aromatic N) is 1. The summed E-state index contributed by atoms with van der Waals surface area (Å²) in [6, 6.07) is 11.7. The number of ether oxygens (including phenoxy) is 1. The first-order valence-corrected chi connectivity index (χ1v) is 6.55. The number of esters is 1. The zero-order chi connectivity index (χ0) is 14.8. The van der Waals surface area contributed by atoms with E-state index < -0.39 is 5.97 Å². The Balaban J connectivity index is 2.05. The van der Waals surface area contributed by atoms with Crippen LogP contribution >= 0.6 is 0 Å². The van der Waals surface area contributed by atoms with Gasteiger partial charge in [0.25, 0.3) is 0 Å². The Morgan fingerprint density at radius 3 is 2.86 bits per heavy atom. The molecule has 0 aliphatic heterocycles. The van der Waals surface area contributed by atoms with Gasteiger partial charge in [-0.25, -0.2) is 9.78 Å². The van der Waals surface area contributed by atoms with Crippen molar-refractivity contribution < 1.29 is 19.1 Å². The molecule has 1 heterocycles. The Labute approximate surface area is 120 Å². The topological polar surface area (TPSA) is 72.6 Å². The summed E-state index contributed by atoms with van der Waals surface area (Å²) in [6.07, 6.45) is 0. The Kier molecular flexibility index (Phi) is 3.31. The van der Waals surface area contributed by atoms with Crippen LogP contribution in [0.15, 0.2) is 46.9 Å². The first kappa shape index (κ1) is 13.2. The molecule has 3 aromatic rings. The average molecular weight is 283 g/mol. The summed E-state index contributed by atoms with van der Waals surface area (Å²) in [5.41, 5.74) is 2.00. The van der Waals surface area contributed by atoms with E-state index in [4.69, 9.17) is 9.15 Å². The molecule has 0 aliphatic carbocycles. The van der Waals surface area contributed by atoms with Crippen molar-refractivity contribution in [1.29, 1.82) is 0 Å². The van der Waals surface area contributed by atoms with E-state index in [1.54, 1.807) is 49.4 Å². The number of phenols is 1. The third kappa shape index (κ3) is 2.45. The fraction of sp³-hybridized carbons (Fsp3) is 0.125. The summed E-state index contributed by atoms with van der Waals surface area (Å²) in [6.45, 7) is 2.07. The number of rotatable bonds is 3. The Hall–Kier alpha value is -2.82. The van der Waals surface area contributed by atoms with Gasteiger partial charge < -0.3 is 14.3 Å². The molecule has 106 valence electrons. The lowest BCUT2D eigenvalue weighted by atomic mass is 10.2. The molecule has 0 spiro atoms. The summed E-state index contributed by atoms with van der Waals surface area (Å²) < 4.78 is 10.6. The fourth-order valence-corrected chi connectivity index (χ4v) is 2.04. The molecule has 0 saturated heterocycles. The zero-order valence-electron chi connectivity index (χ0n) is 11.4. The Bertz CT molecular complexity index is 807. The fourth-order valence-electron chi connectivity index (χ4n) is 2.04. The number of oxazole rings is 1.